The minimum atomic E-state index is -0.191. The molecule has 6 rings (SSSR count). The molecule has 2 saturated heterocycles. The summed E-state index contributed by atoms with van der Waals surface area (Å²) in [6, 6.07) is 8.15. The number of benzene rings is 1. The van der Waals surface area contributed by atoms with Crippen molar-refractivity contribution in [2.75, 3.05) is 49.7 Å². The number of hydrogen-bond acceptors (Lipinski definition) is 8. The van der Waals surface area contributed by atoms with Crippen LogP contribution in [0.15, 0.2) is 42.9 Å². The summed E-state index contributed by atoms with van der Waals surface area (Å²) in [4.78, 5) is 20.1. The third-order valence-electron chi connectivity index (χ3n) is 7.45. The predicted octanol–water partition coefficient (Wildman–Crippen LogP) is 4.37. The molecule has 0 unspecified atom stereocenters. The van der Waals surface area contributed by atoms with E-state index in [-0.39, 0.29) is 12.0 Å². The van der Waals surface area contributed by atoms with Gasteiger partial charge in [-0.3, -0.25) is 4.79 Å². The SMILES string of the molecule is Cc1cc(C2CC2)c(NC(=O)c2ccnnc2)cc1-c1cnc(OC2CCOCC2)c(N2CCOCC2)c1. The quantitative estimate of drug-likeness (QED) is 0.495. The predicted molar refractivity (Wildman–Crippen MR) is 144 cm³/mol. The zero-order chi connectivity index (χ0) is 25.9. The lowest BCUT2D eigenvalue weighted by molar-refractivity contribution is 0.0238. The molecule has 9 heteroatoms. The zero-order valence-corrected chi connectivity index (χ0v) is 21.7. The van der Waals surface area contributed by atoms with Crippen molar-refractivity contribution in [3.05, 3.63) is 59.5 Å². The van der Waals surface area contributed by atoms with Crippen LogP contribution in [0, 0.1) is 6.92 Å². The molecule has 3 fully saturated rings. The molecule has 3 aliphatic rings. The third-order valence-corrected chi connectivity index (χ3v) is 7.45. The van der Waals surface area contributed by atoms with E-state index < -0.39 is 0 Å². The van der Waals surface area contributed by atoms with Crippen LogP contribution in [0.4, 0.5) is 11.4 Å². The van der Waals surface area contributed by atoms with E-state index >= 15 is 0 Å². The molecule has 0 spiro atoms. The van der Waals surface area contributed by atoms with E-state index in [0.29, 0.717) is 43.8 Å². The Kier molecular flexibility index (Phi) is 7.20. The lowest BCUT2D eigenvalue weighted by atomic mass is 9.95. The van der Waals surface area contributed by atoms with E-state index in [2.05, 4.69) is 45.5 Å². The largest absolute Gasteiger partial charge is 0.473 e. The minimum absolute atomic E-state index is 0.103. The first-order chi connectivity index (χ1) is 18.7. The second-order valence-electron chi connectivity index (χ2n) is 10.2. The van der Waals surface area contributed by atoms with E-state index in [1.165, 1.54) is 18.0 Å². The Morgan fingerprint density at radius 3 is 2.53 bits per heavy atom. The Labute approximate surface area is 222 Å². The van der Waals surface area contributed by atoms with E-state index in [1.54, 1.807) is 6.07 Å². The van der Waals surface area contributed by atoms with Crippen molar-refractivity contribution in [3.63, 3.8) is 0 Å². The number of carbonyl (C=O) groups is 1. The second-order valence-corrected chi connectivity index (χ2v) is 10.2. The number of hydrogen-bond donors (Lipinski definition) is 1. The van der Waals surface area contributed by atoms with Gasteiger partial charge in [0.05, 0.1) is 44.4 Å². The van der Waals surface area contributed by atoms with Crippen LogP contribution in [0.25, 0.3) is 11.1 Å². The molecule has 1 aromatic carbocycles. The van der Waals surface area contributed by atoms with Crippen molar-refractivity contribution in [3.8, 4) is 17.0 Å². The molecule has 38 heavy (non-hydrogen) atoms. The van der Waals surface area contributed by atoms with Gasteiger partial charge in [-0.15, -0.1) is 0 Å². The van der Waals surface area contributed by atoms with E-state index in [4.69, 9.17) is 19.2 Å². The average Bonchev–Trinajstić information content (AvgIpc) is 3.81. The molecular formula is C29H33N5O4. The van der Waals surface area contributed by atoms with Crippen LogP contribution in [-0.2, 0) is 9.47 Å². The Balaban J connectivity index is 1.35. The molecule has 9 nitrogen and oxygen atoms in total. The number of nitrogens with zero attached hydrogens (tertiary/aromatic N) is 4. The molecule has 1 amide bonds. The highest BCUT2D eigenvalue weighted by molar-refractivity contribution is 6.05. The number of aromatic nitrogens is 3. The molecule has 1 aliphatic carbocycles. The number of carbonyl (C=O) groups excluding carboxylic acids is 1. The van der Waals surface area contributed by atoms with Crippen LogP contribution in [-0.4, -0.2) is 66.7 Å². The molecule has 4 heterocycles. The third kappa shape index (κ3) is 5.49. The van der Waals surface area contributed by atoms with Crippen molar-refractivity contribution in [1.29, 1.82) is 0 Å². The molecule has 2 aromatic heterocycles. The van der Waals surface area contributed by atoms with Gasteiger partial charge in [-0.2, -0.15) is 10.2 Å². The van der Waals surface area contributed by atoms with Gasteiger partial charge in [-0.05, 0) is 60.6 Å². The molecule has 1 N–H and O–H groups in total. The number of anilines is 2. The molecule has 3 aromatic rings. The Morgan fingerprint density at radius 2 is 1.79 bits per heavy atom. The molecule has 1 saturated carbocycles. The number of morpholine rings is 1. The smallest absolute Gasteiger partial charge is 0.257 e. The average molecular weight is 516 g/mol. The molecule has 0 atom stereocenters. The summed E-state index contributed by atoms with van der Waals surface area (Å²) in [7, 11) is 0. The standard InChI is InChI=1S/C29H33N5O4/c1-19-14-25(20-2-3-20)26(33-28(35)21-4-7-31-32-18-21)16-24(19)22-15-27(34-8-12-37-13-9-34)29(30-17-22)38-23-5-10-36-11-6-23/h4,7,14-18,20,23H,2-3,5-6,8-13H2,1H3,(H,33,35). The summed E-state index contributed by atoms with van der Waals surface area (Å²) >= 11 is 0. The number of pyridine rings is 1. The maximum Gasteiger partial charge on any atom is 0.257 e. The molecule has 0 radical (unpaired) electrons. The van der Waals surface area contributed by atoms with E-state index in [1.807, 2.05) is 6.20 Å². The summed E-state index contributed by atoms with van der Waals surface area (Å²) in [6.45, 7) is 6.48. The summed E-state index contributed by atoms with van der Waals surface area (Å²) in [5.74, 6) is 0.948. The first-order valence-corrected chi connectivity index (χ1v) is 13.5. The van der Waals surface area contributed by atoms with Gasteiger partial charge in [-0.25, -0.2) is 4.98 Å². The highest BCUT2D eigenvalue weighted by Gasteiger charge is 2.28. The second kappa shape index (κ2) is 11.0. The summed E-state index contributed by atoms with van der Waals surface area (Å²) in [6.07, 6.45) is 9.01. The van der Waals surface area contributed by atoms with E-state index in [9.17, 15) is 4.79 Å². The first-order valence-electron chi connectivity index (χ1n) is 13.5. The first kappa shape index (κ1) is 24.8. The fourth-order valence-electron chi connectivity index (χ4n) is 5.16. The fraction of sp³-hybridized carbons (Fsp3) is 0.448. The maximum atomic E-state index is 13.0. The van der Waals surface area contributed by atoms with Crippen LogP contribution >= 0.6 is 0 Å². The zero-order valence-electron chi connectivity index (χ0n) is 21.7. The Hall–Kier alpha value is -3.56. The van der Waals surface area contributed by atoms with Crippen LogP contribution in [0.3, 0.4) is 0 Å². The highest BCUT2D eigenvalue weighted by Crippen LogP contribution is 2.46. The highest BCUT2D eigenvalue weighted by atomic mass is 16.5. The summed E-state index contributed by atoms with van der Waals surface area (Å²) < 4.78 is 17.5. The lowest BCUT2D eigenvalue weighted by Gasteiger charge is -2.31. The summed E-state index contributed by atoms with van der Waals surface area (Å²) in [5, 5.41) is 10.8. The van der Waals surface area contributed by atoms with Crippen molar-refractivity contribution in [2.24, 2.45) is 0 Å². The number of aryl methyl sites for hydroxylation is 1. The Bertz CT molecular complexity index is 1290. The van der Waals surface area contributed by atoms with E-state index in [0.717, 1.165) is 66.8 Å². The number of rotatable bonds is 7. The van der Waals surface area contributed by atoms with Crippen molar-refractivity contribution in [1.82, 2.24) is 15.2 Å². The molecule has 0 bridgehead atoms. The number of ether oxygens (including phenoxy) is 3. The Morgan fingerprint density at radius 1 is 1.00 bits per heavy atom. The molecule has 198 valence electrons. The fourth-order valence-corrected chi connectivity index (χ4v) is 5.16. The van der Waals surface area contributed by atoms with Crippen molar-refractivity contribution >= 4 is 17.3 Å². The van der Waals surface area contributed by atoms with Gasteiger partial charge in [0, 0.05) is 43.4 Å². The lowest BCUT2D eigenvalue weighted by Crippen LogP contribution is -2.37. The van der Waals surface area contributed by atoms with Crippen molar-refractivity contribution < 1.29 is 19.0 Å². The molecular weight excluding hydrogens is 482 g/mol. The maximum absolute atomic E-state index is 13.0. The molecule has 2 aliphatic heterocycles. The van der Waals surface area contributed by atoms with Gasteiger partial charge >= 0.3 is 0 Å². The normalized spacial score (nSPS) is 18.3. The number of nitrogens with one attached hydrogen (secondary N) is 1. The van der Waals surface area contributed by atoms with Crippen LogP contribution in [0.5, 0.6) is 5.88 Å². The summed E-state index contributed by atoms with van der Waals surface area (Å²) in [5.41, 5.74) is 6.67. The van der Waals surface area contributed by atoms with Gasteiger partial charge in [-0.1, -0.05) is 6.07 Å². The van der Waals surface area contributed by atoms with Gasteiger partial charge in [0.2, 0.25) is 5.88 Å². The van der Waals surface area contributed by atoms with Crippen molar-refractivity contribution in [2.45, 2.75) is 44.6 Å². The number of amides is 1. The minimum Gasteiger partial charge on any atom is -0.473 e. The van der Waals surface area contributed by atoms with Gasteiger partial charge < -0.3 is 24.4 Å². The van der Waals surface area contributed by atoms with Crippen LogP contribution in [0.2, 0.25) is 0 Å². The van der Waals surface area contributed by atoms with Crippen LogP contribution < -0.4 is 15.0 Å². The van der Waals surface area contributed by atoms with Gasteiger partial charge in [0.1, 0.15) is 11.8 Å². The van der Waals surface area contributed by atoms with Gasteiger partial charge in [0.15, 0.2) is 0 Å². The van der Waals surface area contributed by atoms with Crippen LogP contribution in [0.1, 0.15) is 53.1 Å². The monoisotopic (exact) mass is 515 g/mol. The topological polar surface area (TPSA) is 98.7 Å². The van der Waals surface area contributed by atoms with Gasteiger partial charge in [0.25, 0.3) is 5.91 Å².